The molecule has 0 unspecified atom stereocenters. The van der Waals surface area contributed by atoms with Gasteiger partial charge in [-0.25, -0.2) is 4.79 Å². The van der Waals surface area contributed by atoms with Crippen LogP contribution in [0.15, 0.2) is 18.2 Å². The number of nitrogens with zero attached hydrogens (tertiary/aromatic N) is 1. The van der Waals surface area contributed by atoms with Crippen LogP contribution >= 0.6 is 0 Å². The second-order valence-electron chi connectivity index (χ2n) is 6.15. The number of esters is 1. The number of phenolic OH excluding ortho intramolecular Hbond substituents is 1. The standard InChI is InChI=1S/C17H24N2O5/c1-3-24-17(22)14-5-4-13(12-15(14)20)18-16(21)6-7-19(2)8-10-23-11-9-19/h4-5,12H,3,6-11H2,1-2H3,(H-,18,20,21,22)/p+1. The number of ether oxygens (including phenoxy) is 2. The second-order valence-corrected chi connectivity index (χ2v) is 6.15. The number of nitrogens with one attached hydrogen (secondary N) is 1. The number of phenols is 1. The lowest BCUT2D eigenvalue weighted by molar-refractivity contribution is -0.916. The van der Waals surface area contributed by atoms with E-state index < -0.39 is 5.97 Å². The van der Waals surface area contributed by atoms with E-state index in [2.05, 4.69) is 12.4 Å². The van der Waals surface area contributed by atoms with Crippen LogP contribution in [-0.4, -0.2) is 68.0 Å². The fraction of sp³-hybridized carbons (Fsp3) is 0.529. The van der Waals surface area contributed by atoms with Gasteiger partial charge in [0.1, 0.15) is 24.4 Å². The van der Waals surface area contributed by atoms with E-state index in [-0.39, 0.29) is 23.8 Å². The highest BCUT2D eigenvalue weighted by atomic mass is 16.5. The number of aromatic hydroxyl groups is 1. The first-order chi connectivity index (χ1) is 11.4. The molecule has 0 spiro atoms. The summed E-state index contributed by atoms with van der Waals surface area (Å²) in [5.74, 6) is -0.917. The maximum absolute atomic E-state index is 12.1. The largest absolute Gasteiger partial charge is 0.507 e. The quantitative estimate of drug-likeness (QED) is 0.605. The second kappa shape index (κ2) is 8.12. The lowest BCUT2D eigenvalue weighted by atomic mass is 10.1. The summed E-state index contributed by atoms with van der Waals surface area (Å²) in [4.78, 5) is 23.7. The number of amides is 1. The van der Waals surface area contributed by atoms with Crippen LogP contribution in [0, 0.1) is 0 Å². The number of rotatable bonds is 6. The smallest absolute Gasteiger partial charge is 0.341 e. The van der Waals surface area contributed by atoms with Crippen molar-refractivity contribution >= 4 is 17.6 Å². The summed E-state index contributed by atoms with van der Waals surface area (Å²) in [5.41, 5.74) is 0.538. The molecule has 1 heterocycles. The van der Waals surface area contributed by atoms with Crippen molar-refractivity contribution in [1.29, 1.82) is 0 Å². The van der Waals surface area contributed by atoms with Crippen molar-refractivity contribution < 1.29 is 28.7 Å². The minimum Gasteiger partial charge on any atom is -0.507 e. The SMILES string of the molecule is CCOC(=O)c1ccc(NC(=O)CC[N+]2(C)CCOCC2)cc1O. The normalized spacial score (nSPS) is 16.4. The van der Waals surface area contributed by atoms with Gasteiger partial charge in [-0.15, -0.1) is 0 Å². The molecule has 7 nitrogen and oxygen atoms in total. The van der Waals surface area contributed by atoms with Crippen molar-refractivity contribution in [1.82, 2.24) is 0 Å². The van der Waals surface area contributed by atoms with Gasteiger partial charge in [0.15, 0.2) is 0 Å². The van der Waals surface area contributed by atoms with Gasteiger partial charge >= 0.3 is 5.97 Å². The zero-order chi connectivity index (χ0) is 17.6. The van der Waals surface area contributed by atoms with E-state index in [9.17, 15) is 14.7 Å². The molecule has 7 heteroatoms. The van der Waals surface area contributed by atoms with Gasteiger partial charge in [0.05, 0.1) is 39.8 Å². The highest BCUT2D eigenvalue weighted by Gasteiger charge is 2.25. The van der Waals surface area contributed by atoms with Crippen molar-refractivity contribution in [3.8, 4) is 5.75 Å². The molecule has 1 aromatic rings. The molecule has 0 atom stereocenters. The van der Waals surface area contributed by atoms with Crippen molar-refractivity contribution in [2.75, 3.05) is 51.8 Å². The first kappa shape index (κ1) is 18.2. The average molecular weight is 337 g/mol. The zero-order valence-corrected chi connectivity index (χ0v) is 14.2. The Morgan fingerprint density at radius 2 is 2.04 bits per heavy atom. The molecule has 2 rings (SSSR count). The summed E-state index contributed by atoms with van der Waals surface area (Å²) < 4.78 is 11.0. The van der Waals surface area contributed by atoms with Gasteiger partial charge in [-0.05, 0) is 19.1 Å². The monoisotopic (exact) mass is 337 g/mol. The molecule has 2 N–H and O–H groups in total. The van der Waals surface area contributed by atoms with Crippen LogP contribution < -0.4 is 5.32 Å². The Kier molecular flexibility index (Phi) is 6.16. The Labute approximate surface area is 141 Å². The number of likely N-dealkylation sites (N-methyl/N-ethyl adjacent to an activating group) is 1. The van der Waals surface area contributed by atoms with Crippen LogP contribution in [0.3, 0.4) is 0 Å². The molecule has 1 fully saturated rings. The Morgan fingerprint density at radius 1 is 1.33 bits per heavy atom. The van der Waals surface area contributed by atoms with E-state index in [1.54, 1.807) is 13.0 Å². The van der Waals surface area contributed by atoms with Crippen LogP contribution in [0.2, 0.25) is 0 Å². The zero-order valence-electron chi connectivity index (χ0n) is 14.2. The number of carbonyl (C=O) groups is 2. The van der Waals surface area contributed by atoms with E-state index in [1.807, 2.05) is 0 Å². The molecule has 0 saturated carbocycles. The van der Waals surface area contributed by atoms with Crippen LogP contribution in [-0.2, 0) is 14.3 Å². The molecular weight excluding hydrogens is 312 g/mol. The molecule has 0 radical (unpaired) electrons. The fourth-order valence-electron chi connectivity index (χ4n) is 2.59. The summed E-state index contributed by atoms with van der Waals surface area (Å²) >= 11 is 0. The third-order valence-electron chi connectivity index (χ3n) is 4.21. The highest BCUT2D eigenvalue weighted by molar-refractivity contribution is 5.95. The minimum absolute atomic E-state index is 0.0845. The summed E-state index contributed by atoms with van der Waals surface area (Å²) in [6.07, 6.45) is 0.386. The molecule has 1 aliphatic heterocycles. The molecule has 1 saturated heterocycles. The highest BCUT2D eigenvalue weighted by Crippen LogP contribution is 2.23. The molecule has 132 valence electrons. The molecule has 24 heavy (non-hydrogen) atoms. The first-order valence-electron chi connectivity index (χ1n) is 8.15. The number of hydrogen-bond acceptors (Lipinski definition) is 5. The topological polar surface area (TPSA) is 84.9 Å². The van der Waals surface area contributed by atoms with Crippen molar-refractivity contribution in [3.63, 3.8) is 0 Å². The van der Waals surface area contributed by atoms with Gasteiger partial charge in [-0.1, -0.05) is 0 Å². The Bertz CT molecular complexity index is 597. The molecule has 0 aliphatic carbocycles. The number of carbonyl (C=O) groups excluding carboxylic acids is 2. The number of benzene rings is 1. The van der Waals surface area contributed by atoms with Gasteiger partial charge in [-0.3, -0.25) is 4.79 Å². The third kappa shape index (κ3) is 4.94. The van der Waals surface area contributed by atoms with Crippen molar-refractivity contribution in [2.24, 2.45) is 0 Å². The van der Waals surface area contributed by atoms with Gasteiger partial charge in [0, 0.05) is 11.8 Å². The van der Waals surface area contributed by atoms with Crippen molar-refractivity contribution in [2.45, 2.75) is 13.3 Å². The maximum Gasteiger partial charge on any atom is 0.341 e. The van der Waals surface area contributed by atoms with Gasteiger partial charge in [0.25, 0.3) is 0 Å². The molecule has 0 bridgehead atoms. The van der Waals surface area contributed by atoms with E-state index in [0.29, 0.717) is 12.1 Å². The summed E-state index contributed by atoms with van der Waals surface area (Å²) in [6.45, 7) is 5.93. The molecule has 1 aromatic carbocycles. The first-order valence-corrected chi connectivity index (χ1v) is 8.15. The minimum atomic E-state index is -0.586. The molecule has 1 aliphatic rings. The van der Waals surface area contributed by atoms with E-state index in [0.717, 1.165) is 37.3 Å². The Hall–Kier alpha value is -2.12. The van der Waals surface area contributed by atoms with E-state index in [1.165, 1.54) is 12.1 Å². The van der Waals surface area contributed by atoms with Gasteiger partial charge < -0.3 is 24.4 Å². The van der Waals surface area contributed by atoms with E-state index in [4.69, 9.17) is 9.47 Å². The summed E-state index contributed by atoms with van der Waals surface area (Å²) in [5, 5.41) is 12.7. The third-order valence-corrected chi connectivity index (χ3v) is 4.21. The van der Waals surface area contributed by atoms with Crippen LogP contribution in [0.5, 0.6) is 5.75 Å². The Morgan fingerprint density at radius 3 is 2.67 bits per heavy atom. The number of morpholine rings is 1. The predicted octanol–water partition coefficient (Wildman–Crippen LogP) is 1.37. The number of anilines is 1. The average Bonchev–Trinajstić information content (AvgIpc) is 2.54. The Balaban J connectivity index is 1.89. The fourth-order valence-corrected chi connectivity index (χ4v) is 2.59. The summed E-state index contributed by atoms with van der Waals surface area (Å²) in [7, 11) is 2.12. The summed E-state index contributed by atoms with van der Waals surface area (Å²) in [6, 6.07) is 4.38. The van der Waals surface area contributed by atoms with E-state index >= 15 is 0 Å². The molecular formula is C17H25N2O5+. The van der Waals surface area contributed by atoms with Gasteiger partial charge in [-0.2, -0.15) is 0 Å². The van der Waals surface area contributed by atoms with Crippen molar-refractivity contribution in [3.05, 3.63) is 23.8 Å². The number of quaternary nitrogens is 1. The predicted molar refractivity (Wildman–Crippen MR) is 88.9 cm³/mol. The maximum atomic E-state index is 12.1. The van der Waals surface area contributed by atoms with Gasteiger partial charge in [0.2, 0.25) is 5.91 Å². The van der Waals surface area contributed by atoms with Crippen LogP contribution in [0.4, 0.5) is 5.69 Å². The lowest BCUT2D eigenvalue weighted by Crippen LogP contribution is -2.52. The molecule has 0 aromatic heterocycles. The molecule has 1 amide bonds. The van der Waals surface area contributed by atoms with Crippen LogP contribution in [0.1, 0.15) is 23.7 Å². The number of hydrogen-bond donors (Lipinski definition) is 2. The van der Waals surface area contributed by atoms with Crippen LogP contribution in [0.25, 0.3) is 0 Å². The lowest BCUT2D eigenvalue weighted by Gasteiger charge is -2.37.